The number of aromatic nitrogens is 1. The Hall–Kier alpha value is -2.30. The Balaban J connectivity index is 1.85. The van der Waals surface area contributed by atoms with Crippen LogP contribution in [0, 0.1) is 13.8 Å². The minimum absolute atomic E-state index is 0.0559. The normalized spacial score (nSPS) is 12.0. The van der Waals surface area contributed by atoms with E-state index >= 15 is 0 Å². The number of amides is 1. The summed E-state index contributed by atoms with van der Waals surface area (Å²) in [5.41, 5.74) is 2.80. The van der Waals surface area contributed by atoms with Crippen molar-refractivity contribution in [1.29, 1.82) is 0 Å². The van der Waals surface area contributed by atoms with Crippen LogP contribution >= 0.6 is 0 Å². The van der Waals surface area contributed by atoms with Crippen molar-refractivity contribution in [2.75, 3.05) is 0 Å². The highest BCUT2D eigenvalue weighted by molar-refractivity contribution is 5.78. The molecular weight excluding hydrogens is 304 g/mol. The Morgan fingerprint density at radius 3 is 2.58 bits per heavy atom. The highest BCUT2D eigenvalue weighted by Crippen LogP contribution is 2.18. The molecule has 1 aromatic carbocycles. The van der Waals surface area contributed by atoms with Gasteiger partial charge in [-0.2, -0.15) is 0 Å². The zero-order valence-corrected chi connectivity index (χ0v) is 14.9. The molecule has 5 heteroatoms. The molecule has 0 saturated carbocycles. The zero-order chi connectivity index (χ0) is 17.5. The van der Waals surface area contributed by atoms with Gasteiger partial charge in [-0.1, -0.05) is 30.6 Å². The molecule has 0 unspecified atom stereocenters. The third-order valence-corrected chi connectivity index (χ3v) is 3.98. The molecule has 1 heterocycles. The first-order valence-corrected chi connectivity index (χ1v) is 8.42. The van der Waals surface area contributed by atoms with Gasteiger partial charge in [0.05, 0.1) is 17.7 Å². The molecule has 0 spiro atoms. The van der Waals surface area contributed by atoms with Crippen molar-refractivity contribution in [2.24, 2.45) is 0 Å². The Labute approximate surface area is 143 Å². The molecule has 0 aliphatic heterocycles. The largest absolute Gasteiger partial charge is 0.489 e. The van der Waals surface area contributed by atoms with E-state index in [9.17, 15) is 4.79 Å². The van der Waals surface area contributed by atoms with Crippen LogP contribution in [0.5, 0.6) is 5.75 Å². The first kappa shape index (κ1) is 18.0. The fourth-order valence-corrected chi connectivity index (χ4v) is 2.58. The van der Waals surface area contributed by atoms with Gasteiger partial charge >= 0.3 is 0 Å². The summed E-state index contributed by atoms with van der Waals surface area (Å²) in [5.74, 6) is 1.60. The molecule has 0 radical (unpaired) electrons. The molecule has 130 valence electrons. The van der Waals surface area contributed by atoms with Crippen LogP contribution in [0.1, 0.15) is 49.3 Å². The van der Waals surface area contributed by atoms with Gasteiger partial charge in [0.15, 0.2) is 0 Å². The maximum atomic E-state index is 12.0. The van der Waals surface area contributed by atoms with Crippen molar-refractivity contribution >= 4 is 5.91 Å². The fraction of sp³-hybridized carbons (Fsp3) is 0.474. The van der Waals surface area contributed by atoms with Crippen LogP contribution in [-0.4, -0.2) is 17.1 Å². The molecule has 2 rings (SSSR count). The Morgan fingerprint density at radius 1 is 1.29 bits per heavy atom. The highest BCUT2D eigenvalue weighted by atomic mass is 16.5. The quantitative estimate of drug-likeness (QED) is 0.801. The summed E-state index contributed by atoms with van der Waals surface area (Å²) in [7, 11) is 0. The number of carbonyl (C=O) groups excluding carboxylic acids is 1. The van der Waals surface area contributed by atoms with Crippen molar-refractivity contribution in [3.05, 3.63) is 46.8 Å². The van der Waals surface area contributed by atoms with E-state index in [0.29, 0.717) is 13.0 Å². The lowest BCUT2D eigenvalue weighted by atomic mass is 10.1. The number of nitrogens with zero attached hydrogens (tertiary/aromatic N) is 1. The smallest absolute Gasteiger partial charge is 0.224 e. The van der Waals surface area contributed by atoms with E-state index in [2.05, 4.69) is 17.4 Å². The molecule has 5 nitrogen and oxygen atoms in total. The maximum absolute atomic E-state index is 12.0. The van der Waals surface area contributed by atoms with Gasteiger partial charge in [-0.15, -0.1) is 0 Å². The van der Waals surface area contributed by atoms with Crippen LogP contribution in [0.15, 0.2) is 28.8 Å². The number of hydrogen-bond donors (Lipinski definition) is 1. The predicted octanol–water partition coefficient (Wildman–Crippen LogP) is 3.72. The fourth-order valence-electron chi connectivity index (χ4n) is 2.58. The summed E-state index contributed by atoms with van der Waals surface area (Å²) in [4.78, 5) is 12.0. The summed E-state index contributed by atoms with van der Waals surface area (Å²) in [6, 6.07) is 7.84. The van der Waals surface area contributed by atoms with Crippen LogP contribution < -0.4 is 10.1 Å². The van der Waals surface area contributed by atoms with E-state index in [1.54, 1.807) is 0 Å². The molecule has 0 fully saturated rings. The summed E-state index contributed by atoms with van der Waals surface area (Å²) < 4.78 is 10.9. The minimum Gasteiger partial charge on any atom is -0.489 e. The topological polar surface area (TPSA) is 64.4 Å². The molecule has 2 aromatic rings. The van der Waals surface area contributed by atoms with E-state index in [0.717, 1.165) is 41.2 Å². The van der Waals surface area contributed by atoms with Gasteiger partial charge in [0.1, 0.15) is 18.1 Å². The van der Waals surface area contributed by atoms with Crippen LogP contribution in [0.3, 0.4) is 0 Å². The van der Waals surface area contributed by atoms with Gasteiger partial charge in [0.2, 0.25) is 5.91 Å². The number of nitrogens with one attached hydrogen (secondary N) is 1. The molecule has 1 N–H and O–H groups in total. The van der Waals surface area contributed by atoms with Gasteiger partial charge in [-0.05, 0) is 44.9 Å². The van der Waals surface area contributed by atoms with Gasteiger partial charge in [0, 0.05) is 6.04 Å². The molecule has 1 amide bonds. The SMILES string of the molecule is CCC[C@@H](C)NC(=O)Cc1ccc(OCc2c(C)noc2C)cc1. The third-order valence-electron chi connectivity index (χ3n) is 3.98. The zero-order valence-electron chi connectivity index (χ0n) is 14.9. The van der Waals surface area contributed by atoms with E-state index in [1.165, 1.54) is 0 Å². The first-order chi connectivity index (χ1) is 11.5. The van der Waals surface area contributed by atoms with Gasteiger partial charge in [-0.3, -0.25) is 4.79 Å². The number of rotatable bonds is 8. The van der Waals surface area contributed by atoms with Crippen LogP contribution in [-0.2, 0) is 17.8 Å². The minimum atomic E-state index is 0.0559. The number of hydrogen-bond acceptors (Lipinski definition) is 4. The van der Waals surface area contributed by atoms with Crippen LogP contribution in [0.4, 0.5) is 0 Å². The molecule has 0 aliphatic rings. The Kier molecular flexibility index (Phi) is 6.41. The second kappa shape index (κ2) is 8.52. The van der Waals surface area contributed by atoms with Crippen molar-refractivity contribution in [3.63, 3.8) is 0 Å². The molecule has 24 heavy (non-hydrogen) atoms. The van der Waals surface area contributed by atoms with Crippen LogP contribution in [0.2, 0.25) is 0 Å². The summed E-state index contributed by atoms with van der Waals surface area (Å²) >= 11 is 0. The van der Waals surface area contributed by atoms with Gasteiger partial charge in [0.25, 0.3) is 0 Å². The molecule has 1 aromatic heterocycles. The molecule has 1 atom stereocenters. The summed E-state index contributed by atoms with van der Waals surface area (Å²) in [6.07, 6.45) is 2.46. The first-order valence-electron chi connectivity index (χ1n) is 8.42. The molecule has 0 aliphatic carbocycles. The van der Waals surface area contributed by atoms with Crippen molar-refractivity contribution in [1.82, 2.24) is 10.5 Å². The predicted molar refractivity (Wildman–Crippen MR) is 93.0 cm³/mol. The second-order valence-electron chi connectivity index (χ2n) is 6.17. The van der Waals surface area contributed by atoms with Gasteiger partial charge < -0.3 is 14.6 Å². The third kappa shape index (κ3) is 5.11. The number of benzene rings is 1. The van der Waals surface area contributed by atoms with E-state index < -0.39 is 0 Å². The lowest BCUT2D eigenvalue weighted by molar-refractivity contribution is -0.121. The summed E-state index contributed by atoms with van der Waals surface area (Å²) in [5, 5.41) is 6.92. The van der Waals surface area contributed by atoms with Crippen molar-refractivity contribution in [3.8, 4) is 5.75 Å². The molecular formula is C19H26N2O3. The average molecular weight is 330 g/mol. The lowest BCUT2D eigenvalue weighted by Gasteiger charge is -2.13. The Bertz CT molecular complexity index is 642. The molecule has 0 bridgehead atoms. The Morgan fingerprint density at radius 2 is 2.00 bits per heavy atom. The highest BCUT2D eigenvalue weighted by Gasteiger charge is 2.10. The van der Waals surface area contributed by atoms with Gasteiger partial charge in [-0.25, -0.2) is 0 Å². The average Bonchev–Trinajstić information content (AvgIpc) is 2.85. The van der Waals surface area contributed by atoms with E-state index in [4.69, 9.17) is 9.26 Å². The number of carbonyl (C=O) groups is 1. The van der Waals surface area contributed by atoms with Crippen molar-refractivity contribution < 1.29 is 14.1 Å². The van der Waals surface area contributed by atoms with Crippen molar-refractivity contribution in [2.45, 2.75) is 59.6 Å². The number of aryl methyl sites for hydroxylation is 2. The lowest BCUT2D eigenvalue weighted by Crippen LogP contribution is -2.33. The van der Waals surface area contributed by atoms with E-state index in [1.807, 2.05) is 45.0 Å². The maximum Gasteiger partial charge on any atom is 0.224 e. The van der Waals surface area contributed by atoms with E-state index in [-0.39, 0.29) is 11.9 Å². The monoisotopic (exact) mass is 330 g/mol. The molecule has 0 saturated heterocycles. The van der Waals surface area contributed by atoms with Crippen LogP contribution in [0.25, 0.3) is 0 Å². The standard InChI is InChI=1S/C19H26N2O3/c1-5-6-13(2)20-19(22)11-16-7-9-17(10-8-16)23-12-18-14(3)21-24-15(18)4/h7-10,13H,5-6,11-12H2,1-4H3,(H,20,22)/t13-/m1/s1. The summed E-state index contributed by atoms with van der Waals surface area (Å²) in [6.45, 7) is 8.35. The second-order valence-corrected chi connectivity index (χ2v) is 6.17. The number of ether oxygens (including phenoxy) is 1.